The van der Waals surface area contributed by atoms with Crippen LogP contribution < -0.4 is 5.32 Å². The number of hydrogen-bond donors (Lipinski definition) is 1. The molecule has 2 rings (SSSR count). The highest BCUT2D eigenvalue weighted by Gasteiger charge is 2.10. The van der Waals surface area contributed by atoms with Gasteiger partial charge in [-0.25, -0.2) is 0 Å². The third kappa shape index (κ3) is 5.89. The highest BCUT2D eigenvalue weighted by Crippen LogP contribution is 2.21. The van der Waals surface area contributed by atoms with Gasteiger partial charge in [0.15, 0.2) is 0 Å². The van der Waals surface area contributed by atoms with Gasteiger partial charge in [-0.15, -0.1) is 0 Å². The Morgan fingerprint density at radius 3 is 2.61 bits per heavy atom. The maximum atomic E-state index is 11.9. The fraction of sp³-hybridized carbons (Fsp3) is 0.211. The van der Waals surface area contributed by atoms with Gasteiger partial charge in [0.2, 0.25) is 5.91 Å². The van der Waals surface area contributed by atoms with Gasteiger partial charge in [0.05, 0.1) is 19.3 Å². The molecule has 1 unspecified atom stereocenters. The Kier molecular flexibility index (Phi) is 6.85. The quantitative estimate of drug-likeness (QED) is 0.608. The first-order chi connectivity index (χ1) is 11.2. The smallest absolute Gasteiger partial charge is 0.244 e. The van der Waals surface area contributed by atoms with Crippen LogP contribution in [0.2, 0.25) is 5.02 Å². The van der Waals surface area contributed by atoms with E-state index in [0.717, 1.165) is 11.1 Å². The second-order valence-corrected chi connectivity index (χ2v) is 5.56. The van der Waals surface area contributed by atoms with E-state index in [1.54, 1.807) is 6.08 Å². The lowest BCUT2D eigenvalue weighted by Crippen LogP contribution is -2.24. The summed E-state index contributed by atoms with van der Waals surface area (Å²) in [5.41, 5.74) is 2.01. The van der Waals surface area contributed by atoms with E-state index in [1.165, 1.54) is 6.08 Å². The van der Waals surface area contributed by atoms with Crippen molar-refractivity contribution in [3.8, 4) is 0 Å². The molecule has 0 aromatic heterocycles. The zero-order valence-electron chi connectivity index (χ0n) is 13.0. The molecule has 1 atom stereocenters. The molecular weight excluding hydrogens is 310 g/mol. The normalized spacial score (nSPS) is 12.3. The summed E-state index contributed by atoms with van der Waals surface area (Å²) in [6.45, 7) is 2.82. The van der Waals surface area contributed by atoms with Gasteiger partial charge < -0.3 is 10.1 Å². The van der Waals surface area contributed by atoms with Gasteiger partial charge in [0.25, 0.3) is 0 Å². The molecule has 0 saturated carbocycles. The molecule has 0 aliphatic rings. The van der Waals surface area contributed by atoms with Crippen molar-refractivity contribution >= 4 is 17.5 Å². The van der Waals surface area contributed by atoms with Crippen LogP contribution in [0.3, 0.4) is 0 Å². The van der Waals surface area contributed by atoms with Gasteiger partial charge in [0.1, 0.15) is 0 Å². The van der Waals surface area contributed by atoms with Crippen molar-refractivity contribution in [3.05, 3.63) is 82.9 Å². The van der Waals surface area contributed by atoms with E-state index in [1.807, 2.05) is 61.5 Å². The molecule has 0 aliphatic heterocycles. The van der Waals surface area contributed by atoms with Crippen LogP contribution in [0.4, 0.5) is 0 Å². The Bertz CT molecular complexity index is 655. The lowest BCUT2D eigenvalue weighted by atomic mass is 10.1. The minimum Gasteiger partial charge on any atom is -0.373 e. The molecule has 0 radical (unpaired) electrons. The third-order valence-electron chi connectivity index (χ3n) is 3.33. The summed E-state index contributed by atoms with van der Waals surface area (Å²) >= 11 is 6.12. The summed E-state index contributed by atoms with van der Waals surface area (Å²) in [6.07, 6.45) is 3.19. The van der Waals surface area contributed by atoms with Crippen LogP contribution in [-0.4, -0.2) is 12.5 Å². The van der Waals surface area contributed by atoms with Crippen LogP contribution in [0.5, 0.6) is 0 Å². The second kappa shape index (κ2) is 9.13. The highest BCUT2D eigenvalue weighted by molar-refractivity contribution is 6.31. The summed E-state index contributed by atoms with van der Waals surface area (Å²) in [7, 11) is 0. The van der Waals surface area contributed by atoms with E-state index in [4.69, 9.17) is 16.3 Å². The van der Waals surface area contributed by atoms with E-state index >= 15 is 0 Å². The summed E-state index contributed by atoms with van der Waals surface area (Å²) in [5, 5.41) is 3.53. The van der Waals surface area contributed by atoms with E-state index in [9.17, 15) is 4.79 Å². The molecule has 2 aromatic carbocycles. The number of nitrogens with one attached hydrogen (secondary N) is 1. The van der Waals surface area contributed by atoms with Gasteiger partial charge in [0, 0.05) is 11.1 Å². The van der Waals surface area contributed by atoms with E-state index < -0.39 is 0 Å². The van der Waals surface area contributed by atoms with Gasteiger partial charge in [-0.2, -0.15) is 0 Å². The Hall–Kier alpha value is -2.10. The topological polar surface area (TPSA) is 38.3 Å². The Morgan fingerprint density at radius 2 is 1.87 bits per heavy atom. The predicted molar refractivity (Wildman–Crippen MR) is 93.2 cm³/mol. The molecule has 3 nitrogen and oxygen atoms in total. The summed E-state index contributed by atoms with van der Waals surface area (Å²) < 4.78 is 5.49. The predicted octanol–water partition coefficient (Wildman–Crippen LogP) is 4.29. The number of carbonyl (C=O) groups is 1. The maximum Gasteiger partial charge on any atom is 0.244 e. The SMILES string of the molecule is CC(NC(=O)C=CCOCc1ccccc1)c1ccccc1Cl. The van der Waals surface area contributed by atoms with Crippen LogP contribution in [0.25, 0.3) is 0 Å². The van der Waals surface area contributed by atoms with Crippen molar-refractivity contribution in [1.29, 1.82) is 0 Å². The monoisotopic (exact) mass is 329 g/mol. The molecule has 2 aromatic rings. The maximum absolute atomic E-state index is 11.9. The molecule has 0 aliphatic carbocycles. The molecule has 1 N–H and O–H groups in total. The average Bonchev–Trinajstić information content (AvgIpc) is 2.56. The standard InChI is InChI=1S/C19H20ClNO2/c1-15(17-10-5-6-11-18(17)20)21-19(22)12-7-13-23-14-16-8-3-2-4-9-16/h2-12,15H,13-14H2,1H3,(H,21,22). The van der Waals surface area contributed by atoms with Crippen LogP contribution >= 0.6 is 11.6 Å². The number of benzene rings is 2. The van der Waals surface area contributed by atoms with E-state index in [-0.39, 0.29) is 11.9 Å². The molecule has 0 spiro atoms. The summed E-state index contributed by atoms with van der Waals surface area (Å²) in [4.78, 5) is 11.9. The minimum absolute atomic E-state index is 0.147. The first kappa shape index (κ1) is 17.3. The molecular formula is C19H20ClNO2. The number of hydrogen-bond acceptors (Lipinski definition) is 2. The molecule has 0 saturated heterocycles. The Balaban J connectivity index is 1.73. The molecule has 23 heavy (non-hydrogen) atoms. The molecule has 1 amide bonds. The van der Waals surface area contributed by atoms with Gasteiger partial charge in [-0.1, -0.05) is 66.2 Å². The number of ether oxygens (including phenoxy) is 1. The average molecular weight is 330 g/mol. The second-order valence-electron chi connectivity index (χ2n) is 5.15. The summed E-state index contributed by atoms with van der Waals surface area (Å²) in [5.74, 6) is -0.166. The lowest BCUT2D eigenvalue weighted by Gasteiger charge is -2.14. The molecule has 4 heteroatoms. The molecule has 0 heterocycles. The van der Waals surface area contributed by atoms with Gasteiger partial charge >= 0.3 is 0 Å². The van der Waals surface area contributed by atoms with Crippen molar-refractivity contribution in [2.75, 3.05) is 6.61 Å². The van der Waals surface area contributed by atoms with Crippen LogP contribution in [0, 0.1) is 0 Å². The minimum atomic E-state index is -0.166. The fourth-order valence-corrected chi connectivity index (χ4v) is 2.44. The third-order valence-corrected chi connectivity index (χ3v) is 3.67. The van der Waals surface area contributed by atoms with Crippen molar-refractivity contribution in [3.63, 3.8) is 0 Å². The van der Waals surface area contributed by atoms with Crippen LogP contribution in [0.1, 0.15) is 24.1 Å². The van der Waals surface area contributed by atoms with Crippen LogP contribution in [0.15, 0.2) is 66.7 Å². The van der Waals surface area contributed by atoms with Crippen molar-refractivity contribution in [2.24, 2.45) is 0 Å². The molecule has 0 bridgehead atoms. The fourth-order valence-electron chi connectivity index (χ4n) is 2.14. The number of amides is 1. The zero-order valence-corrected chi connectivity index (χ0v) is 13.8. The van der Waals surface area contributed by atoms with Gasteiger partial charge in [-0.3, -0.25) is 4.79 Å². The lowest BCUT2D eigenvalue weighted by molar-refractivity contribution is -0.117. The Labute approximate surface area is 141 Å². The number of rotatable bonds is 7. The molecule has 120 valence electrons. The number of halogens is 1. The van der Waals surface area contributed by atoms with Crippen molar-refractivity contribution in [1.82, 2.24) is 5.32 Å². The van der Waals surface area contributed by atoms with E-state index in [2.05, 4.69) is 5.32 Å². The van der Waals surface area contributed by atoms with Crippen LogP contribution in [-0.2, 0) is 16.1 Å². The first-order valence-corrected chi connectivity index (χ1v) is 7.87. The Morgan fingerprint density at radius 1 is 1.17 bits per heavy atom. The summed E-state index contributed by atoms with van der Waals surface area (Å²) in [6, 6.07) is 17.2. The largest absolute Gasteiger partial charge is 0.373 e. The molecule has 0 fully saturated rings. The van der Waals surface area contributed by atoms with Gasteiger partial charge in [-0.05, 0) is 24.1 Å². The van der Waals surface area contributed by atoms with Crippen molar-refractivity contribution < 1.29 is 9.53 Å². The highest BCUT2D eigenvalue weighted by atomic mass is 35.5. The number of carbonyl (C=O) groups excluding carboxylic acids is 1. The van der Waals surface area contributed by atoms with E-state index in [0.29, 0.717) is 18.2 Å². The zero-order chi connectivity index (χ0) is 16.5. The van der Waals surface area contributed by atoms with Crippen molar-refractivity contribution in [2.45, 2.75) is 19.6 Å². The first-order valence-electron chi connectivity index (χ1n) is 7.50.